The smallest absolute Gasteiger partial charge is 0.282 e. The van der Waals surface area contributed by atoms with E-state index >= 15 is 0 Å². The highest BCUT2D eigenvalue weighted by atomic mass is 32.2. The first kappa shape index (κ1) is 18.9. The molecule has 0 aromatic carbocycles. The number of nitrogens with zero attached hydrogens (tertiary/aromatic N) is 2. The zero-order chi connectivity index (χ0) is 15.9. The van der Waals surface area contributed by atoms with Crippen molar-refractivity contribution >= 4 is 10.2 Å². The number of rotatable bonds is 9. The fraction of sp³-hybridized carbons (Fsp3) is 1.00. The standard InChI is InChI=1S/C15H33N3O2S/c1-5-6-8-11-17(4)21(19,20)18-12-9-7-10-15(18)13-16-14(2)3/h14-16H,5-13H2,1-4H3. The monoisotopic (exact) mass is 319 g/mol. The summed E-state index contributed by atoms with van der Waals surface area (Å²) >= 11 is 0. The summed E-state index contributed by atoms with van der Waals surface area (Å²) in [5.74, 6) is 0. The van der Waals surface area contributed by atoms with Gasteiger partial charge < -0.3 is 5.32 Å². The second kappa shape index (κ2) is 9.08. The van der Waals surface area contributed by atoms with Crippen LogP contribution < -0.4 is 5.32 Å². The van der Waals surface area contributed by atoms with Crippen molar-refractivity contribution in [2.75, 3.05) is 26.7 Å². The summed E-state index contributed by atoms with van der Waals surface area (Å²) in [4.78, 5) is 0. The van der Waals surface area contributed by atoms with E-state index in [0.717, 1.165) is 45.1 Å². The SMILES string of the molecule is CCCCCN(C)S(=O)(=O)N1CCCCC1CNC(C)C. The molecule has 1 aliphatic rings. The second-order valence-electron chi connectivity index (χ2n) is 6.36. The Bertz CT molecular complexity index is 384. The van der Waals surface area contributed by atoms with Crippen LogP contribution in [0.4, 0.5) is 0 Å². The molecule has 5 nitrogen and oxygen atoms in total. The van der Waals surface area contributed by atoms with Crippen LogP contribution in [-0.2, 0) is 10.2 Å². The van der Waals surface area contributed by atoms with Gasteiger partial charge in [-0.15, -0.1) is 0 Å². The maximum absolute atomic E-state index is 12.8. The van der Waals surface area contributed by atoms with E-state index in [9.17, 15) is 8.42 Å². The van der Waals surface area contributed by atoms with Crippen LogP contribution in [0, 0.1) is 0 Å². The third kappa shape index (κ3) is 5.85. The van der Waals surface area contributed by atoms with Crippen molar-refractivity contribution in [2.24, 2.45) is 0 Å². The third-order valence-corrected chi connectivity index (χ3v) is 6.15. The second-order valence-corrected chi connectivity index (χ2v) is 8.35. The Morgan fingerprint density at radius 1 is 1.29 bits per heavy atom. The molecule has 0 spiro atoms. The van der Waals surface area contributed by atoms with E-state index in [-0.39, 0.29) is 6.04 Å². The third-order valence-electron chi connectivity index (χ3n) is 4.10. The molecule has 1 unspecified atom stereocenters. The van der Waals surface area contributed by atoms with Gasteiger partial charge in [0.15, 0.2) is 0 Å². The summed E-state index contributed by atoms with van der Waals surface area (Å²) in [5.41, 5.74) is 0. The molecule has 21 heavy (non-hydrogen) atoms. The lowest BCUT2D eigenvalue weighted by atomic mass is 10.0. The number of hydrogen-bond donors (Lipinski definition) is 1. The van der Waals surface area contributed by atoms with Gasteiger partial charge in [-0.2, -0.15) is 17.0 Å². The summed E-state index contributed by atoms with van der Waals surface area (Å²) in [6, 6.07) is 0.485. The van der Waals surface area contributed by atoms with E-state index in [1.54, 1.807) is 11.4 Å². The van der Waals surface area contributed by atoms with Crippen molar-refractivity contribution in [3.63, 3.8) is 0 Å². The van der Waals surface area contributed by atoms with Gasteiger partial charge in [-0.3, -0.25) is 0 Å². The van der Waals surface area contributed by atoms with Gasteiger partial charge in [0.1, 0.15) is 0 Å². The van der Waals surface area contributed by atoms with Crippen LogP contribution in [0.25, 0.3) is 0 Å². The number of hydrogen-bond acceptors (Lipinski definition) is 3. The van der Waals surface area contributed by atoms with Gasteiger partial charge in [0, 0.05) is 38.8 Å². The minimum absolute atomic E-state index is 0.0970. The largest absolute Gasteiger partial charge is 0.313 e. The molecule has 1 aliphatic heterocycles. The predicted molar refractivity (Wildman–Crippen MR) is 88.6 cm³/mol. The first-order valence-corrected chi connectivity index (χ1v) is 9.75. The fourth-order valence-electron chi connectivity index (χ4n) is 2.73. The van der Waals surface area contributed by atoms with Crippen molar-refractivity contribution < 1.29 is 8.42 Å². The van der Waals surface area contributed by atoms with Gasteiger partial charge in [-0.25, -0.2) is 0 Å². The normalized spacial score (nSPS) is 21.3. The predicted octanol–water partition coefficient (Wildman–Crippen LogP) is 2.21. The van der Waals surface area contributed by atoms with Crippen LogP contribution in [0.1, 0.15) is 59.3 Å². The Kier molecular flexibility index (Phi) is 8.16. The molecule has 0 aliphatic carbocycles. The molecule has 6 heteroatoms. The molecule has 1 atom stereocenters. The zero-order valence-electron chi connectivity index (χ0n) is 14.1. The lowest BCUT2D eigenvalue weighted by molar-refractivity contribution is 0.227. The van der Waals surface area contributed by atoms with Crippen molar-refractivity contribution in [3.05, 3.63) is 0 Å². The van der Waals surface area contributed by atoms with Gasteiger partial charge >= 0.3 is 0 Å². The van der Waals surface area contributed by atoms with E-state index in [1.165, 1.54) is 4.31 Å². The van der Waals surface area contributed by atoms with Crippen molar-refractivity contribution in [3.8, 4) is 0 Å². The van der Waals surface area contributed by atoms with Crippen LogP contribution in [0.5, 0.6) is 0 Å². The van der Waals surface area contributed by atoms with Crippen LogP contribution in [0.15, 0.2) is 0 Å². The Balaban J connectivity index is 2.67. The molecule has 0 aromatic rings. The molecule has 0 amide bonds. The summed E-state index contributed by atoms with van der Waals surface area (Å²) in [5, 5.41) is 3.38. The van der Waals surface area contributed by atoms with Crippen LogP contribution >= 0.6 is 0 Å². The van der Waals surface area contributed by atoms with Crippen molar-refractivity contribution in [1.82, 2.24) is 13.9 Å². The molecule has 1 heterocycles. The zero-order valence-corrected chi connectivity index (χ0v) is 15.0. The molecular formula is C15H33N3O2S. The molecule has 1 N–H and O–H groups in total. The van der Waals surface area contributed by atoms with E-state index in [1.807, 2.05) is 0 Å². The van der Waals surface area contributed by atoms with E-state index in [2.05, 4.69) is 26.1 Å². The molecule has 0 saturated carbocycles. The molecule has 1 saturated heterocycles. The molecule has 0 aromatic heterocycles. The minimum atomic E-state index is -3.31. The topological polar surface area (TPSA) is 52.7 Å². The first-order chi connectivity index (χ1) is 9.89. The summed E-state index contributed by atoms with van der Waals surface area (Å²) in [6.45, 7) is 8.35. The molecule has 126 valence electrons. The Hall–Kier alpha value is -0.170. The van der Waals surface area contributed by atoms with E-state index in [0.29, 0.717) is 19.1 Å². The Labute approximate surface area is 131 Å². The Morgan fingerprint density at radius 2 is 2.00 bits per heavy atom. The molecule has 1 fully saturated rings. The molecular weight excluding hydrogens is 286 g/mol. The first-order valence-electron chi connectivity index (χ1n) is 8.36. The number of nitrogens with one attached hydrogen (secondary N) is 1. The minimum Gasteiger partial charge on any atom is -0.313 e. The number of piperidine rings is 1. The Morgan fingerprint density at radius 3 is 2.62 bits per heavy atom. The molecule has 0 radical (unpaired) electrons. The highest BCUT2D eigenvalue weighted by Gasteiger charge is 2.34. The average molecular weight is 320 g/mol. The van der Waals surface area contributed by atoms with Gasteiger partial charge in [-0.05, 0) is 19.3 Å². The lowest BCUT2D eigenvalue weighted by Gasteiger charge is -2.37. The highest BCUT2D eigenvalue weighted by molar-refractivity contribution is 7.86. The maximum Gasteiger partial charge on any atom is 0.282 e. The summed E-state index contributed by atoms with van der Waals surface area (Å²) in [6.07, 6.45) is 6.18. The molecule has 1 rings (SSSR count). The fourth-order valence-corrected chi connectivity index (χ4v) is 4.37. The summed E-state index contributed by atoms with van der Waals surface area (Å²) < 4.78 is 28.8. The van der Waals surface area contributed by atoms with Gasteiger partial charge in [0.2, 0.25) is 0 Å². The lowest BCUT2D eigenvalue weighted by Crippen LogP contribution is -2.53. The van der Waals surface area contributed by atoms with Crippen LogP contribution in [-0.4, -0.2) is 55.8 Å². The maximum atomic E-state index is 12.8. The van der Waals surface area contributed by atoms with E-state index < -0.39 is 10.2 Å². The van der Waals surface area contributed by atoms with Gasteiger partial charge in [0.25, 0.3) is 10.2 Å². The van der Waals surface area contributed by atoms with Crippen LogP contribution in [0.2, 0.25) is 0 Å². The van der Waals surface area contributed by atoms with E-state index in [4.69, 9.17) is 0 Å². The number of unbranched alkanes of at least 4 members (excludes halogenated alkanes) is 2. The van der Waals surface area contributed by atoms with Crippen molar-refractivity contribution in [2.45, 2.75) is 71.4 Å². The molecule has 0 bridgehead atoms. The van der Waals surface area contributed by atoms with Gasteiger partial charge in [-0.1, -0.05) is 40.0 Å². The van der Waals surface area contributed by atoms with Gasteiger partial charge in [0.05, 0.1) is 0 Å². The average Bonchev–Trinajstić information content (AvgIpc) is 2.45. The highest BCUT2D eigenvalue weighted by Crippen LogP contribution is 2.22. The summed E-state index contributed by atoms with van der Waals surface area (Å²) in [7, 11) is -1.60. The van der Waals surface area contributed by atoms with Crippen molar-refractivity contribution in [1.29, 1.82) is 0 Å². The van der Waals surface area contributed by atoms with Crippen LogP contribution in [0.3, 0.4) is 0 Å². The quantitative estimate of drug-likeness (QED) is 0.663.